The zero-order chi connectivity index (χ0) is 10.3. The minimum atomic E-state index is 0.420. The van der Waals surface area contributed by atoms with Gasteiger partial charge in [0, 0.05) is 10.4 Å². The Morgan fingerprint density at radius 2 is 2.40 bits per heavy atom. The summed E-state index contributed by atoms with van der Waals surface area (Å²) in [6.45, 7) is 0.868. The molecular weight excluding hydrogens is 254 g/mol. The molecule has 3 rings (SSSR count). The third-order valence-electron chi connectivity index (χ3n) is 3.27. The molecule has 2 aliphatic heterocycles. The highest BCUT2D eigenvalue weighted by atomic mass is 79.9. The van der Waals surface area contributed by atoms with Gasteiger partial charge in [-0.25, -0.2) is 0 Å². The van der Waals surface area contributed by atoms with Crippen LogP contribution in [0.2, 0.25) is 0 Å². The van der Waals surface area contributed by atoms with Crippen molar-refractivity contribution in [1.29, 1.82) is 0 Å². The Morgan fingerprint density at radius 1 is 1.47 bits per heavy atom. The molecule has 0 saturated carbocycles. The Morgan fingerprint density at radius 3 is 3.33 bits per heavy atom. The van der Waals surface area contributed by atoms with Crippen molar-refractivity contribution in [2.75, 3.05) is 6.61 Å². The Labute approximate surface area is 98.2 Å². The summed E-state index contributed by atoms with van der Waals surface area (Å²) >= 11 is 3.54. The van der Waals surface area contributed by atoms with Crippen LogP contribution in [-0.4, -0.2) is 12.6 Å². The predicted molar refractivity (Wildman–Crippen MR) is 63.4 cm³/mol. The maximum atomic E-state index is 5.66. The van der Waals surface area contributed by atoms with Crippen molar-refractivity contribution >= 4 is 15.9 Å². The average Bonchev–Trinajstić information content (AvgIpc) is 2.26. The van der Waals surface area contributed by atoms with Gasteiger partial charge in [-0.2, -0.15) is 0 Å². The molecule has 0 radical (unpaired) electrons. The summed E-state index contributed by atoms with van der Waals surface area (Å²) in [5.74, 6) is 1.64. The maximum absolute atomic E-state index is 5.66. The van der Waals surface area contributed by atoms with E-state index in [9.17, 15) is 0 Å². The van der Waals surface area contributed by atoms with Crippen LogP contribution in [-0.2, 0) is 4.74 Å². The van der Waals surface area contributed by atoms with E-state index < -0.39 is 0 Å². The van der Waals surface area contributed by atoms with Crippen LogP contribution in [0, 0.1) is 5.92 Å². The first kappa shape index (κ1) is 9.52. The summed E-state index contributed by atoms with van der Waals surface area (Å²) in [7, 11) is 0. The standard InChI is InChI=1S/C12H14BrNO/c13-10-3-4-11-9(7-10)6-8-2-1-5-15-12(8)14-11/h3-4,7,9,11,14H,1-2,5-6H2. The lowest BCUT2D eigenvalue weighted by atomic mass is 9.84. The van der Waals surface area contributed by atoms with Crippen molar-refractivity contribution in [3.8, 4) is 0 Å². The molecule has 0 aromatic carbocycles. The van der Waals surface area contributed by atoms with Crippen molar-refractivity contribution in [2.45, 2.75) is 25.3 Å². The second-order valence-electron chi connectivity index (χ2n) is 4.33. The van der Waals surface area contributed by atoms with Crippen molar-refractivity contribution in [3.63, 3.8) is 0 Å². The number of nitrogens with one attached hydrogen (secondary N) is 1. The normalized spacial score (nSPS) is 33.5. The Balaban J connectivity index is 1.87. The van der Waals surface area contributed by atoms with Gasteiger partial charge in [0.25, 0.3) is 0 Å². The molecule has 2 unspecified atom stereocenters. The van der Waals surface area contributed by atoms with Crippen LogP contribution >= 0.6 is 15.9 Å². The fraction of sp³-hybridized carbons (Fsp3) is 0.500. The lowest BCUT2D eigenvalue weighted by molar-refractivity contribution is 0.145. The monoisotopic (exact) mass is 267 g/mol. The molecule has 15 heavy (non-hydrogen) atoms. The quantitative estimate of drug-likeness (QED) is 0.729. The van der Waals surface area contributed by atoms with Crippen molar-refractivity contribution in [2.24, 2.45) is 5.92 Å². The van der Waals surface area contributed by atoms with E-state index in [-0.39, 0.29) is 0 Å². The van der Waals surface area contributed by atoms with E-state index in [2.05, 4.69) is 39.5 Å². The fourth-order valence-corrected chi connectivity index (χ4v) is 2.98. The first-order chi connectivity index (χ1) is 7.33. The topological polar surface area (TPSA) is 21.3 Å². The van der Waals surface area contributed by atoms with Gasteiger partial charge in [0.05, 0.1) is 12.6 Å². The van der Waals surface area contributed by atoms with Gasteiger partial charge in [-0.15, -0.1) is 0 Å². The van der Waals surface area contributed by atoms with Crippen LogP contribution in [0.1, 0.15) is 19.3 Å². The van der Waals surface area contributed by atoms with Gasteiger partial charge in [-0.05, 0) is 24.8 Å². The molecule has 0 aromatic rings. The van der Waals surface area contributed by atoms with E-state index in [1.54, 1.807) is 0 Å². The smallest absolute Gasteiger partial charge is 0.186 e. The molecule has 0 aromatic heterocycles. The minimum Gasteiger partial charge on any atom is -0.479 e. The molecule has 80 valence electrons. The summed E-state index contributed by atoms with van der Waals surface area (Å²) in [6.07, 6.45) is 10.1. The van der Waals surface area contributed by atoms with Gasteiger partial charge < -0.3 is 10.1 Å². The second-order valence-corrected chi connectivity index (χ2v) is 5.25. The van der Waals surface area contributed by atoms with Crippen molar-refractivity contribution < 1.29 is 4.74 Å². The zero-order valence-electron chi connectivity index (χ0n) is 8.50. The lowest BCUT2D eigenvalue weighted by Crippen LogP contribution is -2.41. The van der Waals surface area contributed by atoms with E-state index in [4.69, 9.17) is 4.74 Å². The second kappa shape index (κ2) is 3.71. The van der Waals surface area contributed by atoms with E-state index in [0.717, 1.165) is 18.9 Å². The molecule has 0 spiro atoms. The number of allylic oxidation sites excluding steroid dienone is 3. The number of ether oxygens (including phenoxy) is 1. The summed E-state index contributed by atoms with van der Waals surface area (Å²) in [5, 5.41) is 3.48. The molecular formula is C12H14BrNO. The number of hydrogen-bond acceptors (Lipinski definition) is 2. The molecule has 0 amide bonds. The van der Waals surface area contributed by atoms with Crippen molar-refractivity contribution in [3.05, 3.63) is 34.2 Å². The number of halogens is 1. The lowest BCUT2D eigenvalue weighted by Gasteiger charge is -2.36. The summed E-state index contributed by atoms with van der Waals surface area (Å²) in [5.41, 5.74) is 1.47. The largest absolute Gasteiger partial charge is 0.479 e. The van der Waals surface area contributed by atoms with Crippen LogP contribution in [0.25, 0.3) is 0 Å². The van der Waals surface area contributed by atoms with Crippen LogP contribution in [0.15, 0.2) is 34.2 Å². The van der Waals surface area contributed by atoms with E-state index in [0.29, 0.717) is 12.0 Å². The molecule has 1 aliphatic carbocycles. The van der Waals surface area contributed by atoms with Crippen LogP contribution < -0.4 is 5.32 Å². The highest BCUT2D eigenvalue weighted by Crippen LogP contribution is 2.34. The molecule has 1 N–H and O–H groups in total. The summed E-state index contributed by atoms with van der Waals surface area (Å²) in [4.78, 5) is 0. The Kier molecular flexibility index (Phi) is 2.35. The van der Waals surface area contributed by atoms with Crippen LogP contribution in [0.3, 0.4) is 0 Å². The third kappa shape index (κ3) is 1.73. The fourth-order valence-electron chi connectivity index (χ4n) is 2.49. The molecule has 0 bridgehead atoms. The SMILES string of the molecule is BrC1=CC2CC3=C(NC2C=C1)OCCC3. The van der Waals surface area contributed by atoms with E-state index in [1.807, 2.05) is 0 Å². The van der Waals surface area contributed by atoms with Gasteiger partial charge in [0.1, 0.15) is 0 Å². The van der Waals surface area contributed by atoms with Crippen molar-refractivity contribution in [1.82, 2.24) is 5.32 Å². The van der Waals surface area contributed by atoms with Gasteiger partial charge in [-0.1, -0.05) is 34.2 Å². The highest BCUT2D eigenvalue weighted by Gasteiger charge is 2.30. The van der Waals surface area contributed by atoms with Crippen LogP contribution in [0.4, 0.5) is 0 Å². The average molecular weight is 268 g/mol. The zero-order valence-corrected chi connectivity index (χ0v) is 10.1. The molecule has 2 heterocycles. The molecule has 0 fully saturated rings. The number of rotatable bonds is 0. The number of fused-ring (bicyclic) bond motifs is 1. The minimum absolute atomic E-state index is 0.420. The Bertz CT molecular complexity index is 370. The van der Waals surface area contributed by atoms with Gasteiger partial charge >= 0.3 is 0 Å². The van der Waals surface area contributed by atoms with Crippen LogP contribution in [0.5, 0.6) is 0 Å². The van der Waals surface area contributed by atoms with Gasteiger partial charge in [0.15, 0.2) is 5.88 Å². The van der Waals surface area contributed by atoms with Gasteiger partial charge in [0.2, 0.25) is 0 Å². The molecule has 3 heteroatoms. The van der Waals surface area contributed by atoms with E-state index in [1.165, 1.54) is 22.9 Å². The highest BCUT2D eigenvalue weighted by molar-refractivity contribution is 9.11. The van der Waals surface area contributed by atoms with E-state index >= 15 is 0 Å². The molecule has 3 aliphatic rings. The van der Waals surface area contributed by atoms with Gasteiger partial charge in [-0.3, -0.25) is 0 Å². The predicted octanol–water partition coefficient (Wildman–Crippen LogP) is 2.84. The summed E-state index contributed by atoms with van der Waals surface area (Å²) in [6, 6.07) is 0.420. The first-order valence-corrected chi connectivity index (χ1v) is 6.29. The summed E-state index contributed by atoms with van der Waals surface area (Å²) < 4.78 is 6.86. The molecule has 0 saturated heterocycles. The molecule has 2 atom stereocenters. The maximum Gasteiger partial charge on any atom is 0.186 e. The Hall–Kier alpha value is -0.700. The first-order valence-electron chi connectivity index (χ1n) is 5.50. The number of hydrogen-bond donors (Lipinski definition) is 1. The molecule has 2 nitrogen and oxygen atoms in total. The third-order valence-corrected chi connectivity index (χ3v) is 3.80.